The van der Waals surface area contributed by atoms with Crippen LogP contribution in [-0.2, 0) is 4.79 Å². The fourth-order valence-electron chi connectivity index (χ4n) is 1.22. The van der Waals surface area contributed by atoms with Crippen LogP contribution in [0.5, 0.6) is 0 Å². The summed E-state index contributed by atoms with van der Waals surface area (Å²) in [7, 11) is 0. The van der Waals surface area contributed by atoms with E-state index in [0.29, 0.717) is 15.6 Å². The Morgan fingerprint density at radius 1 is 1.47 bits per heavy atom. The minimum Gasteiger partial charge on any atom is -0.478 e. The van der Waals surface area contributed by atoms with E-state index in [4.69, 9.17) is 9.63 Å². The molecule has 2 heterocycles. The van der Waals surface area contributed by atoms with Gasteiger partial charge in [-0.05, 0) is 25.1 Å². The zero-order chi connectivity index (χ0) is 13.8. The molecule has 2 aromatic heterocycles. The monoisotopic (exact) mass is 279 g/mol. The summed E-state index contributed by atoms with van der Waals surface area (Å²) < 4.78 is 4.76. The number of nitrogens with zero attached hydrogens (tertiary/aromatic N) is 2. The first-order chi connectivity index (χ1) is 9.04. The number of carbonyl (C=O) groups excluding carboxylic acids is 1. The van der Waals surface area contributed by atoms with Crippen LogP contribution in [0.15, 0.2) is 22.7 Å². The molecule has 2 N–H and O–H groups in total. The third-order valence-electron chi connectivity index (χ3n) is 1.99. The number of rotatable bonds is 4. The van der Waals surface area contributed by atoms with E-state index in [1.54, 1.807) is 19.1 Å². The van der Waals surface area contributed by atoms with E-state index in [1.165, 1.54) is 6.08 Å². The molecule has 2 rings (SSSR count). The van der Waals surface area contributed by atoms with Crippen molar-refractivity contribution in [3.63, 3.8) is 0 Å². The van der Waals surface area contributed by atoms with Gasteiger partial charge in [0.25, 0.3) is 5.91 Å². The number of carboxylic acids is 1. The van der Waals surface area contributed by atoms with Gasteiger partial charge in [0.05, 0.1) is 4.88 Å². The summed E-state index contributed by atoms with van der Waals surface area (Å²) in [6.07, 6.45) is 2.43. The summed E-state index contributed by atoms with van der Waals surface area (Å²) in [5.41, 5.74) is 0. The number of carbonyl (C=O) groups is 2. The molecule has 0 unspecified atom stereocenters. The number of aliphatic carboxylic acids is 1. The summed E-state index contributed by atoms with van der Waals surface area (Å²) in [6.45, 7) is 1.64. The maximum atomic E-state index is 11.8. The summed E-state index contributed by atoms with van der Waals surface area (Å²) in [5, 5.41) is 14.5. The maximum absolute atomic E-state index is 11.8. The highest BCUT2D eigenvalue weighted by atomic mass is 32.1. The van der Waals surface area contributed by atoms with Crippen LogP contribution in [0.25, 0.3) is 6.08 Å². The highest BCUT2D eigenvalue weighted by Gasteiger charge is 2.12. The van der Waals surface area contributed by atoms with Crippen LogP contribution in [0.1, 0.15) is 20.4 Å². The van der Waals surface area contributed by atoms with E-state index in [0.717, 1.165) is 17.4 Å². The number of aromatic nitrogens is 2. The second kappa shape index (κ2) is 5.44. The second-order valence-electron chi connectivity index (χ2n) is 3.47. The van der Waals surface area contributed by atoms with E-state index in [-0.39, 0.29) is 11.9 Å². The molecule has 0 aliphatic heterocycles. The van der Waals surface area contributed by atoms with Crippen LogP contribution < -0.4 is 5.32 Å². The first-order valence-corrected chi connectivity index (χ1v) is 5.99. The minimum atomic E-state index is -1.04. The minimum absolute atomic E-state index is 0.0264. The molecule has 1 amide bonds. The van der Waals surface area contributed by atoms with Gasteiger partial charge in [0.1, 0.15) is 0 Å². The number of amides is 1. The van der Waals surface area contributed by atoms with Crippen LogP contribution in [-0.4, -0.2) is 27.1 Å². The number of thiophene rings is 1. The standard InChI is InChI=1S/C11H9N3O4S/c1-6-12-11(18-14-6)13-10(17)8-4-2-7(19-8)3-5-9(15)16/h2-5H,1H3,(H,15,16)(H,12,13,14,17)/b5-3+. The number of anilines is 1. The molecule has 0 aliphatic carbocycles. The van der Waals surface area contributed by atoms with Gasteiger partial charge in [-0.25, -0.2) is 4.79 Å². The van der Waals surface area contributed by atoms with Gasteiger partial charge < -0.3 is 9.63 Å². The van der Waals surface area contributed by atoms with Gasteiger partial charge in [0.15, 0.2) is 5.82 Å². The average molecular weight is 279 g/mol. The quantitative estimate of drug-likeness (QED) is 0.826. The molecule has 0 aliphatic rings. The summed E-state index contributed by atoms with van der Waals surface area (Å²) in [5.74, 6) is -1.00. The van der Waals surface area contributed by atoms with Gasteiger partial charge in [0, 0.05) is 11.0 Å². The molecular weight excluding hydrogens is 270 g/mol. The van der Waals surface area contributed by atoms with Crippen LogP contribution >= 0.6 is 11.3 Å². The SMILES string of the molecule is Cc1noc(NC(=O)c2ccc(/C=C/C(=O)O)s2)n1. The van der Waals surface area contributed by atoms with Crippen LogP contribution in [0.3, 0.4) is 0 Å². The normalized spacial score (nSPS) is 10.8. The smallest absolute Gasteiger partial charge is 0.328 e. The molecule has 0 bridgehead atoms. The Hall–Kier alpha value is -2.48. The topological polar surface area (TPSA) is 105 Å². The largest absolute Gasteiger partial charge is 0.478 e. The van der Waals surface area contributed by atoms with Gasteiger partial charge >= 0.3 is 12.0 Å². The Morgan fingerprint density at radius 2 is 2.26 bits per heavy atom. The zero-order valence-corrected chi connectivity index (χ0v) is 10.6. The average Bonchev–Trinajstić information content (AvgIpc) is 2.95. The molecule has 0 saturated carbocycles. The fraction of sp³-hybridized carbons (Fsp3) is 0.0909. The predicted octanol–water partition coefficient (Wildman–Crippen LogP) is 1.79. The highest BCUT2D eigenvalue weighted by Crippen LogP contribution is 2.19. The molecule has 0 radical (unpaired) electrons. The molecule has 0 aromatic carbocycles. The van der Waals surface area contributed by atoms with Crippen LogP contribution in [0.4, 0.5) is 6.01 Å². The maximum Gasteiger partial charge on any atom is 0.328 e. The van der Waals surface area contributed by atoms with Crippen molar-refractivity contribution in [3.05, 3.63) is 33.8 Å². The van der Waals surface area contributed by atoms with Crippen molar-refractivity contribution < 1.29 is 19.2 Å². The lowest BCUT2D eigenvalue weighted by Gasteiger charge is -1.95. The van der Waals surface area contributed by atoms with Crippen LogP contribution in [0.2, 0.25) is 0 Å². The molecule has 8 heteroatoms. The third-order valence-corrected chi connectivity index (χ3v) is 3.04. The van der Waals surface area contributed by atoms with E-state index in [1.807, 2.05) is 0 Å². The number of hydrogen-bond acceptors (Lipinski definition) is 6. The van der Waals surface area contributed by atoms with E-state index >= 15 is 0 Å². The molecule has 0 saturated heterocycles. The van der Waals surface area contributed by atoms with Crippen molar-refractivity contribution in [2.75, 3.05) is 5.32 Å². The number of hydrogen-bond donors (Lipinski definition) is 2. The van der Waals surface area contributed by atoms with Crippen molar-refractivity contribution >= 4 is 35.3 Å². The lowest BCUT2D eigenvalue weighted by atomic mass is 10.4. The number of aryl methyl sites for hydroxylation is 1. The lowest BCUT2D eigenvalue weighted by molar-refractivity contribution is -0.131. The van der Waals surface area contributed by atoms with Crippen molar-refractivity contribution in [1.29, 1.82) is 0 Å². The number of carboxylic acid groups (broad SMARTS) is 1. The Kier molecular flexibility index (Phi) is 3.71. The Balaban J connectivity index is 2.06. The summed E-state index contributed by atoms with van der Waals surface area (Å²) in [4.78, 5) is 27.1. The van der Waals surface area contributed by atoms with Gasteiger partial charge in [-0.15, -0.1) is 11.3 Å². The summed E-state index contributed by atoms with van der Waals surface area (Å²) >= 11 is 1.16. The van der Waals surface area contributed by atoms with Gasteiger partial charge in [-0.1, -0.05) is 5.16 Å². The first kappa shape index (κ1) is 13.0. The molecule has 19 heavy (non-hydrogen) atoms. The van der Waals surface area contributed by atoms with Crippen molar-refractivity contribution in [1.82, 2.24) is 10.1 Å². The molecule has 0 atom stereocenters. The number of nitrogens with one attached hydrogen (secondary N) is 1. The van der Waals surface area contributed by atoms with E-state index in [2.05, 4.69) is 15.5 Å². The molecule has 0 fully saturated rings. The zero-order valence-electron chi connectivity index (χ0n) is 9.78. The molecule has 0 spiro atoms. The Bertz CT molecular complexity index is 644. The molecule has 98 valence electrons. The van der Waals surface area contributed by atoms with Crippen LogP contribution in [0, 0.1) is 6.92 Å². The van der Waals surface area contributed by atoms with E-state index < -0.39 is 5.97 Å². The fourth-order valence-corrected chi connectivity index (χ4v) is 2.03. The van der Waals surface area contributed by atoms with Crippen molar-refractivity contribution in [3.8, 4) is 0 Å². The molecular formula is C11H9N3O4S. The van der Waals surface area contributed by atoms with Gasteiger partial charge in [0.2, 0.25) is 0 Å². The second-order valence-corrected chi connectivity index (χ2v) is 4.59. The predicted molar refractivity (Wildman–Crippen MR) is 68.0 cm³/mol. The lowest BCUT2D eigenvalue weighted by Crippen LogP contribution is -2.10. The van der Waals surface area contributed by atoms with Crippen molar-refractivity contribution in [2.24, 2.45) is 0 Å². The molecule has 2 aromatic rings. The Labute approximate surface area is 111 Å². The first-order valence-electron chi connectivity index (χ1n) is 5.17. The molecule has 7 nitrogen and oxygen atoms in total. The van der Waals surface area contributed by atoms with Crippen molar-refractivity contribution in [2.45, 2.75) is 6.92 Å². The highest BCUT2D eigenvalue weighted by molar-refractivity contribution is 7.15. The van der Waals surface area contributed by atoms with Gasteiger partial charge in [-0.3, -0.25) is 10.1 Å². The summed E-state index contributed by atoms with van der Waals surface area (Å²) in [6, 6.07) is 3.27. The third kappa shape index (κ3) is 3.49. The van der Waals surface area contributed by atoms with E-state index in [9.17, 15) is 9.59 Å². The van der Waals surface area contributed by atoms with Gasteiger partial charge in [-0.2, -0.15) is 4.98 Å². The Morgan fingerprint density at radius 3 is 2.89 bits per heavy atom.